The maximum Gasteiger partial charge on any atom is 0.224 e. The Morgan fingerprint density at radius 1 is 1.00 bits per heavy atom. The van der Waals surface area contributed by atoms with Crippen LogP contribution in [-0.2, 0) is 4.79 Å². The molecule has 0 atom stereocenters. The molecule has 31 heavy (non-hydrogen) atoms. The van der Waals surface area contributed by atoms with Gasteiger partial charge in [0.1, 0.15) is 5.75 Å². The molecule has 164 valence electrons. The van der Waals surface area contributed by atoms with E-state index in [9.17, 15) is 4.79 Å². The van der Waals surface area contributed by atoms with E-state index < -0.39 is 0 Å². The van der Waals surface area contributed by atoms with Gasteiger partial charge in [-0.1, -0.05) is 63.3 Å². The van der Waals surface area contributed by atoms with Gasteiger partial charge >= 0.3 is 0 Å². The van der Waals surface area contributed by atoms with Gasteiger partial charge in [0.2, 0.25) is 5.91 Å². The zero-order valence-corrected chi connectivity index (χ0v) is 19.1. The molecule has 0 saturated heterocycles. The number of carbonyl (C=O) groups is 1. The van der Waals surface area contributed by atoms with Crippen molar-refractivity contribution < 1.29 is 9.53 Å². The van der Waals surface area contributed by atoms with Crippen LogP contribution in [0.1, 0.15) is 51.9 Å². The van der Waals surface area contributed by atoms with Crippen LogP contribution < -0.4 is 15.4 Å². The van der Waals surface area contributed by atoms with E-state index >= 15 is 0 Å². The predicted molar refractivity (Wildman–Crippen MR) is 130 cm³/mol. The molecular formula is C25H31N3O2S. The number of ether oxygens (including phenoxy) is 1. The Hall–Kier alpha value is -2.86. The second kappa shape index (κ2) is 12.1. The van der Waals surface area contributed by atoms with E-state index in [-0.39, 0.29) is 5.91 Å². The van der Waals surface area contributed by atoms with Gasteiger partial charge < -0.3 is 15.4 Å². The van der Waals surface area contributed by atoms with Crippen molar-refractivity contribution in [3.63, 3.8) is 0 Å². The molecule has 1 amide bonds. The Labute approximate surface area is 188 Å². The molecule has 0 radical (unpaired) electrons. The molecule has 0 spiro atoms. The fourth-order valence-electron chi connectivity index (χ4n) is 3.34. The van der Waals surface area contributed by atoms with Gasteiger partial charge in [0.25, 0.3) is 0 Å². The highest BCUT2D eigenvalue weighted by atomic mass is 32.1. The zero-order chi connectivity index (χ0) is 21.9. The smallest absolute Gasteiger partial charge is 0.224 e. The summed E-state index contributed by atoms with van der Waals surface area (Å²) in [7, 11) is 1.65. The largest absolute Gasteiger partial charge is 0.495 e. The van der Waals surface area contributed by atoms with Crippen LogP contribution in [0, 0.1) is 0 Å². The summed E-state index contributed by atoms with van der Waals surface area (Å²) in [4.78, 5) is 16.8. The molecule has 3 rings (SSSR count). The summed E-state index contributed by atoms with van der Waals surface area (Å²) in [5.74, 6) is 0.862. The van der Waals surface area contributed by atoms with Crippen molar-refractivity contribution >= 4 is 33.8 Å². The van der Waals surface area contributed by atoms with E-state index in [4.69, 9.17) is 4.74 Å². The summed E-state index contributed by atoms with van der Waals surface area (Å²) in [6, 6.07) is 15.6. The van der Waals surface area contributed by atoms with Gasteiger partial charge in [0, 0.05) is 23.1 Å². The molecule has 5 nitrogen and oxygen atoms in total. The van der Waals surface area contributed by atoms with Crippen molar-refractivity contribution in [2.75, 3.05) is 17.7 Å². The normalized spacial score (nSPS) is 10.6. The number of thiazole rings is 1. The minimum absolute atomic E-state index is 0.0835. The number of benzene rings is 2. The van der Waals surface area contributed by atoms with Crippen molar-refractivity contribution in [1.82, 2.24) is 4.98 Å². The highest BCUT2D eigenvalue weighted by Gasteiger charge is 2.08. The molecule has 1 heterocycles. The number of aromatic nitrogens is 1. The van der Waals surface area contributed by atoms with E-state index in [1.807, 2.05) is 53.9 Å². The lowest BCUT2D eigenvalue weighted by molar-refractivity contribution is -0.116. The average Bonchev–Trinajstić information content (AvgIpc) is 3.25. The number of unbranched alkanes of at least 4 members (excludes halogenated alkanes) is 5. The monoisotopic (exact) mass is 437 g/mol. The van der Waals surface area contributed by atoms with Crippen LogP contribution in [0.2, 0.25) is 0 Å². The molecule has 0 bridgehead atoms. The van der Waals surface area contributed by atoms with Gasteiger partial charge in [0.05, 0.1) is 18.5 Å². The molecule has 2 aromatic carbocycles. The number of rotatable bonds is 12. The summed E-state index contributed by atoms with van der Waals surface area (Å²) in [6.07, 6.45) is 7.68. The Morgan fingerprint density at radius 3 is 2.52 bits per heavy atom. The van der Waals surface area contributed by atoms with Gasteiger partial charge in [0.15, 0.2) is 5.13 Å². The number of methoxy groups -OCH3 is 1. The third-order valence-electron chi connectivity index (χ3n) is 5.07. The fourth-order valence-corrected chi connectivity index (χ4v) is 4.07. The summed E-state index contributed by atoms with van der Waals surface area (Å²) < 4.78 is 5.38. The van der Waals surface area contributed by atoms with Crippen LogP contribution in [0.4, 0.5) is 16.5 Å². The lowest BCUT2D eigenvalue weighted by Crippen LogP contribution is -2.10. The lowest BCUT2D eigenvalue weighted by Gasteiger charge is -2.08. The number of carbonyl (C=O) groups excluding carboxylic acids is 1. The predicted octanol–water partition coefficient (Wildman–Crippen LogP) is 7.25. The van der Waals surface area contributed by atoms with E-state index in [1.54, 1.807) is 18.4 Å². The first-order chi connectivity index (χ1) is 15.2. The molecule has 0 aliphatic heterocycles. The van der Waals surface area contributed by atoms with Crippen LogP contribution in [0.25, 0.3) is 11.3 Å². The van der Waals surface area contributed by atoms with Crippen LogP contribution in [0.15, 0.2) is 53.9 Å². The SMILES string of the molecule is CCCCCCCCC(=O)Nc1ccc(-c2csc(Nc3ccccc3OC)n2)cc1. The quantitative estimate of drug-likeness (QED) is 0.293. The molecule has 0 aliphatic rings. The minimum Gasteiger partial charge on any atom is -0.495 e. The average molecular weight is 438 g/mol. The Bertz CT molecular complexity index is 953. The van der Waals surface area contributed by atoms with Crippen LogP contribution in [-0.4, -0.2) is 18.0 Å². The van der Waals surface area contributed by atoms with E-state index in [2.05, 4.69) is 22.5 Å². The number of hydrogen-bond donors (Lipinski definition) is 2. The Balaban J connectivity index is 1.50. The van der Waals surface area contributed by atoms with E-state index in [0.717, 1.165) is 46.4 Å². The molecule has 0 saturated carbocycles. The van der Waals surface area contributed by atoms with Crippen molar-refractivity contribution in [1.29, 1.82) is 0 Å². The number of para-hydroxylation sites is 2. The van der Waals surface area contributed by atoms with Gasteiger partial charge in [-0.3, -0.25) is 4.79 Å². The number of nitrogens with one attached hydrogen (secondary N) is 2. The molecule has 0 fully saturated rings. The first-order valence-electron chi connectivity index (χ1n) is 11.0. The third kappa shape index (κ3) is 7.10. The van der Waals surface area contributed by atoms with Gasteiger partial charge in [-0.15, -0.1) is 11.3 Å². The first kappa shape index (κ1) is 22.8. The third-order valence-corrected chi connectivity index (χ3v) is 5.83. The van der Waals surface area contributed by atoms with E-state index in [1.165, 1.54) is 25.7 Å². The molecule has 0 aliphatic carbocycles. The first-order valence-corrected chi connectivity index (χ1v) is 11.8. The van der Waals surface area contributed by atoms with Crippen molar-refractivity contribution in [3.8, 4) is 17.0 Å². The second-order valence-electron chi connectivity index (χ2n) is 7.51. The molecule has 2 N–H and O–H groups in total. The molecular weight excluding hydrogens is 406 g/mol. The molecule has 3 aromatic rings. The number of hydrogen-bond acceptors (Lipinski definition) is 5. The van der Waals surface area contributed by atoms with Crippen LogP contribution >= 0.6 is 11.3 Å². The van der Waals surface area contributed by atoms with Crippen LogP contribution in [0.3, 0.4) is 0 Å². The molecule has 0 unspecified atom stereocenters. The minimum atomic E-state index is 0.0835. The molecule has 1 aromatic heterocycles. The van der Waals surface area contributed by atoms with Crippen LogP contribution in [0.5, 0.6) is 5.75 Å². The lowest BCUT2D eigenvalue weighted by atomic mass is 10.1. The number of amides is 1. The van der Waals surface area contributed by atoms with Gasteiger partial charge in [-0.25, -0.2) is 4.98 Å². The Morgan fingerprint density at radius 2 is 1.74 bits per heavy atom. The summed E-state index contributed by atoms with van der Waals surface area (Å²) >= 11 is 1.54. The zero-order valence-electron chi connectivity index (χ0n) is 18.3. The summed E-state index contributed by atoms with van der Waals surface area (Å²) in [6.45, 7) is 2.21. The summed E-state index contributed by atoms with van der Waals surface area (Å²) in [5, 5.41) is 9.12. The number of nitrogens with zero attached hydrogens (tertiary/aromatic N) is 1. The van der Waals surface area contributed by atoms with Crippen molar-refractivity contribution in [3.05, 3.63) is 53.9 Å². The molecule has 6 heteroatoms. The number of anilines is 3. The highest BCUT2D eigenvalue weighted by molar-refractivity contribution is 7.14. The fraction of sp³-hybridized carbons (Fsp3) is 0.360. The maximum absolute atomic E-state index is 12.1. The highest BCUT2D eigenvalue weighted by Crippen LogP contribution is 2.31. The summed E-state index contributed by atoms with van der Waals surface area (Å²) in [5.41, 5.74) is 3.61. The van der Waals surface area contributed by atoms with Crippen molar-refractivity contribution in [2.24, 2.45) is 0 Å². The topological polar surface area (TPSA) is 63.2 Å². The maximum atomic E-state index is 12.1. The Kier molecular flexibility index (Phi) is 8.91. The van der Waals surface area contributed by atoms with Crippen molar-refractivity contribution in [2.45, 2.75) is 51.9 Å². The standard InChI is InChI=1S/C25H31N3O2S/c1-3-4-5-6-7-8-13-24(29)26-20-16-14-19(15-17-20)22-18-31-25(28-22)27-21-11-9-10-12-23(21)30-2/h9-12,14-18H,3-8,13H2,1-2H3,(H,26,29)(H,27,28). The van der Waals surface area contributed by atoms with Gasteiger partial charge in [-0.2, -0.15) is 0 Å². The second-order valence-corrected chi connectivity index (χ2v) is 8.36. The van der Waals surface area contributed by atoms with Gasteiger partial charge in [-0.05, 0) is 30.7 Å². The van der Waals surface area contributed by atoms with E-state index in [0.29, 0.717) is 6.42 Å².